The molecule has 0 fully saturated rings. The van der Waals surface area contributed by atoms with Crippen LogP contribution in [0.15, 0.2) is 67.0 Å². The molecular formula is C22H24N4O2. The van der Waals surface area contributed by atoms with Crippen LogP contribution < -0.4 is 10.1 Å². The molecule has 0 aliphatic carbocycles. The molecule has 1 amide bonds. The second-order valence-corrected chi connectivity index (χ2v) is 6.30. The average Bonchev–Trinajstić information content (AvgIpc) is 2.77. The fraction of sp³-hybridized carbons (Fsp3) is 0.227. The van der Waals surface area contributed by atoms with Crippen LogP contribution in [0.25, 0.3) is 0 Å². The van der Waals surface area contributed by atoms with E-state index in [2.05, 4.69) is 15.3 Å². The number of aromatic nitrogens is 2. The smallest absolute Gasteiger partial charge is 0.272 e. The molecule has 0 saturated carbocycles. The number of rotatable bonds is 8. The molecule has 6 nitrogen and oxygen atoms in total. The van der Waals surface area contributed by atoms with Crippen LogP contribution in [0.3, 0.4) is 0 Å². The molecule has 1 heterocycles. The van der Waals surface area contributed by atoms with E-state index in [1.165, 1.54) is 6.33 Å². The Balaban J connectivity index is 1.66. The van der Waals surface area contributed by atoms with Crippen LogP contribution in [0.2, 0.25) is 0 Å². The number of ether oxygens (including phenoxy) is 1. The van der Waals surface area contributed by atoms with E-state index in [-0.39, 0.29) is 5.91 Å². The second kappa shape index (κ2) is 9.50. The van der Waals surface area contributed by atoms with Gasteiger partial charge in [0.25, 0.3) is 5.91 Å². The molecule has 3 rings (SSSR count). The summed E-state index contributed by atoms with van der Waals surface area (Å²) >= 11 is 0. The highest BCUT2D eigenvalue weighted by molar-refractivity contribution is 5.92. The standard InChI is InChI=1S/C22H24N4O2/c1-3-26(15-18-7-5-4-6-8-18)22(27)20-13-21(25-16-24-20)23-14-17-9-11-19(28-2)12-10-17/h4-13,16H,3,14-15H2,1-2H3,(H,23,24,25). The lowest BCUT2D eigenvalue weighted by molar-refractivity contribution is 0.0746. The Labute approximate surface area is 165 Å². The van der Waals surface area contributed by atoms with Gasteiger partial charge < -0.3 is 15.0 Å². The van der Waals surface area contributed by atoms with Crippen molar-refractivity contribution in [3.63, 3.8) is 0 Å². The maximum Gasteiger partial charge on any atom is 0.272 e. The van der Waals surface area contributed by atoms with E-state index in [0.29, 0.717) is 31.1 Å². The van der Waals surface area contributed by atoms with Gasteiger partial charge in [0.2, 0.25) is 0 Å². The summed E-state index contributed by atoms with van der Waals surface area (Å²) < 4.78 is 5.17. The Kier molecular flexibility index (Phi) is 6.57. The van der Waals surface area contributed by atoms with E-state index in [4.69, 9.17) is 4.74 Å². The van der Waals surface area contributed by atoms with Gasteiger partial charge in [0.1, 0.15) is 23.6 Å². The normalized spacial score (nSPS) is 10.4. The lowest BCUT2D eigenvalue weighted by atomic mass is 10.2. The van der Waals surface area contributed by atoms with E-state index < -0.39 is 0 Å². The van der Waals surface area contributed by atoms with Gasteiger partial charge in [-0.25, -0.2) is 9.97 Å². The summed E-state index contributed by atoms with van der Waals surface area (Å²) in [5, 5.41) is 3.24. The fourth-order valence-electron chi connectivity index (χ4n) is 2.80. The lowest BCUT2D eigenvalue weighted by Crippen LogP contribution is -2.31. The minimum absolute atomic E-state index is 0.110. The van der Waals surface area contributed by atoms with Crippen molar-refractivity contribution in [2.45, 2.75) is 20.0 Å². The summed E-state index contributed by atoms with van der Waals surface area (Å²) in [6.45, 7) is 3.71. The number of amides is 1. The highest BCUT2D eigenvalue weighted by Crippen LogP contribution is 2.14. The van der Waals surface area contributed by atoms with E-state index in [9.17, 15) is 4.79 Å². The molecule has 1 aromatic heterocycles. The third-order valence-corrected chi connectivity index (χ3v) is 4.40. The van der Waals surface area contributed by atoms with Crippen molar-refractivity contribution in [2.75, 3.05) is 19.0 Å². The monoisotopic (exact) mass is 376 g/mol. The fourth-order valence-corrected chi connectivity index (χ4v) is 2.80. The largest absolute Gasteiger partial charge is 0.497 e. The molecule has 0 aliphatic heterocycles. The van der Waals surface area contributed by atoms with E-state index in [0.717, 1.165) is 16.9 Å². The highest BCUT2D eigenvalue weighted by atomic mass is 16.5. The van der Waals surface area contributed by atoms with Crippen LogP contribution >= 0.6 is 0 Å². The van der Waals surface area contributed by atoms with Gasteiger partial charge in [0, 0.05) is 25.7 Å². The number of carbonyl (C=O) groups excluding carboxylic acids is 1. The highest BCUT2D eigenvalue weighted by Gasteiger charge is 2.16. The Hall–Kier alpha value is -3.41. The second-order valence-electron chi connectivity index (χ2n) is 6.30. The van der Waals surface area contributed by atoms with Gasteiger partial charge in [-0.05, 0) is 30.2 Å². The van der Waals surface area contributed by atoms with E-state index >= 15 is 0 Å². The number of benzene rings is 2. The first-order valence-electron chi connectivity index (χ1n) is 9.21. The summed E-state index contributed by atoms with van der Waals surface area (Å²) in [5.41, 5.74) is 2.56. The Bertz CT molecular complexity index is 898. The minimum atomic E-state index is -0.110. The zero-order valence-electron chi connectivity index (χ0n) is 16.1. The number of nitrogens with zero attached hydrogens (tertiary/aromatic N) is 3. The van der Waals surface area contributed by atoms with Gasteiger partial charge >= 0.3 is 0 Å². The predicted molar refractivity (Wildman–Crippen MR) is 109 cm³/mol. The van der Waals surface area contributed by atoms with Crippen molar-refractivity contribution in [1.82, 2.24) is 14.9 Å². The molecule has 0 bridgehead atoms. The number of methoxy groups -OCH3 is 1. The van der Waals surface area contributed by atoms with E-state index in [1.54, 1.807) is 18.1 Å². The third kappa shape index (κ3) is 5.07. The Morgan fingerprint density at radius 1 is 1.04 bits per heavy atom. The van der Waals surface area contributed by atoms with E-state index in [1.807, 2.05) is 61.5 Å². The zero-order chi connectivity index (χ0) is 19.8. The van der Waals surface area contributed by atoms with Gasteiger partial charge in [0.05, 0.1) is 7.11 Å². The molecule has 0 unspecified atom stereocenters. The molecule has 6 heteroatoms. The molecule has 0 radical (unpaired) electrons. The molecule has 1 N–H and O–H groups in total. The topological polar surface area (TPSA) is 67.4 Å². The van der Waals surface area contributed by atoms with Gasteiger partial charge in [-0.3, -0.25) is 4.79 Å². The van der Waals surface area contributed by atoms with Gasteiger partial charge in [-0.15, -0.1) is 0 Å². The lowest BCUT2D eigenvalue weighted by Gasteiger charge is -2.20. The van der Waals surface area contributed by atoms with Crippen LogP contribution in [0.1, 0.15) is 28.5 Å². The average molecular weight is 376 g/mol. The molecule has 144 valence electrons. The molecule has 3 aromatic rings. The summed E-state index contributed by atoms with van der Waals surface area (Å²) in [6.07, 6.45) is 1.42. The van der Waals surface area contributed by atoms with Crippen molar-refractivity contribution < 1.29 is 9.53 Å². The SMILES string of the molecule is CCN(Cc1ccccc1)C(=O)c1cc(NCc2ccc(OC)cc2)ncn1. The Morgan fingerprint density at radius 3 is 2.46 bits per heavy atom. The number of hydrogen-bond donors (Lipinski definition) is 1. The molecule has 0 aliphatic rings. The van der Waals surface area contributed by atoms with Crippen LogP contribution in [-0.2, 0) is 13.1 Å². The van der Waals surface area contributed by atoms with Crippen molar-refractivity contribution in [2.24, 2.45) is 0 Å². The van der Waals surface area contributed by atoms with Gasteiger partial charge in [-0.2, -0.15) is 0 Å². The molecule has 0 atom stereocenters. The Morgan fingerprint density at radius 2 is 1.79 bits per heavy atom. The molecule has 0 spiro atoms. The van der Waals surface area contributed by atoms with Crippen LogP contribution in [-0.4, -0.2) is 34.4 Å². The number of carbonyl (C=O) groups is 1. The molecular weight excluding hydrogens is 352 g/mol. The quantitative estimate of drug-likeness (QED) is 0.648. The van der Waals surface area contributed by atoms with Crippen molar-refractivity contribution in [3.8, 4) is 5.75 Å². The summed E-state index contributed by atoms with van der Waals surface area (Å²) in [4.78, 5) is 23.0. The first kappa shape index (κ1) is 19.4. The van der Waals surface area contributed by atoms with Crippen LogP contribution in [0.4, 0.5) is 5.82 Å². The number of anilines is 1. The summed E-state index contributed by atoms with van der Waals surface area (Å²) in [5.74, 6) is 1.32. The van der Waals surface area contributed by atoms with Crippen LogP contribution in [0.5, 0.6) is 5.75 Å². The van der Waals surface area contributed by atoms with Crippen LogP contribution in [0, 0.1) is 0 Å². The first-order valence-corrected chi connectivity index (χ1v) is 9.21. The molecule has 28 heavy (non-hydrogen) atoms. The zero-order valence-corrected chi connectivity index (χ0v) is 16.1. The predicted octanol–water partition coefficient (Wildman–Crippen LogP) is 3.76. The van der Waals surface area contributed by atoms with Crippen molar-refractivity contribution in [1.29, 1.82) is 0 Å². The van der Waals surface area contributed by atoms with Gasteiger partial charge in [0.15, 0.2) is 0 Å². The number of hydrogen-bond acceptors (Lipinski definition) is 5. The summed E-state index contributed by atoms with van der Waals surface area (Å²) in [7, 11) is 1.64. The minimum Gasteiger partial charge on any atom is -0.497 e. The molecule has 0 saturated heterocycles. The maximum absolute atomic E-state index is 12.9. The van der Waals surface area contributed by atoms with Gasteiger partial charge in [-0.1, -0.05) is 42.5 Å². The maximum atomic E-state index is 12.9. The molecule has 2 aromatic carbocycles. The first-order chi connectivity index (χ1) is 13.7. The summed E-state index contributed by atoms with van der Waals surface area (Å²) in [6, 6.07) is 19.4. The van der Waals surface area contributed by atoms with Crippen molar-refractivity contribution >= 4 is 11.7 Å². The number of nitrogens with one attached hydrogen (secondary N) is 1. The van der Waals surface area contributed by atoms with Crippen molar-refractivity contribution in [3.05, 3.63) is 83.8 Å². The third-order valence-electron chi connectivity index (χ3n) is 4.40.